The Bertz CT molecular complexity index is 1360. The van der Waals surface area contributed by atoms with Gasteiger partial charge in [0.2, 0.25) is 5.91 Å². The zero-order valence-electron chi connectivity index (χ0n) is 24.9. The van der Waals surface area contributed by atoms with Gasteiger partial charge in [-0.25, -0.2) is 4.98 Å². The highest BCUT2D eigenvalue weighted by atomic mass is 16.2. The number of rotatable bonds is 8. The minimum absolute atomic E-state index is 0.161. The molecule has 1 amide bonds. The Labute approximate surface area is 245 Å². The molecule has 0 atom stereocenters. The van der Waals surface area contributed by atoms with Crippen LogP contribution in [-0.2, 0) is 10.2 Å². The van der Waals surface area contributed by atoms with Crippen LogP contribution in [0.1, 0.15) is 95.1 Å². The van der Waals surface area contributed by atoms with Crippen molar-refractivity contribution in [2.45, 2.75) is 94.9 Å². The highest BCUT2D eigenvalue weighted by Gasteiger charge is 2.50. The van der Waals surface area contributed by atoms with Crippen molar-refractivity contribution in [3.63, 3.8) is 0 Å². The molecule has 6 nitrogen and oxygen atoms in total. The molecule has 1 aromatic carbocycles. The van der Waals surface area contributed by atoms with Gasteiger partial charge in [0.05, 0.1) is 12.2 Å². The van der Waals surface area contributed by atoms with E-state index in [0.717, 1.165) is 42.0 Å². The Hall–Kier alpha value is -3.15. The van der Waals surface area contributed by atoms with Crippen LogP contribution >= 0.6 is 0 Å². The maximum Gasteiger partial charge on any atom is 0.230 e. The second-order valence-corrected chi connectivity index (χ2v) is 13.8. The predicted octanol–water partition coefficient (Wildman–Crippen LogP) is 7.55. The Morgan fingerprint density at radius 1 is 0.902 bits per heavy atom. The van der Waals surface area contributed by atoms with Crippen molar-refractivity contribution < 1.29 is 4.79 Å². The number of hydrogen-bond donors (Lipinski definition) is 0. The van der Waals surface area contributed by atoms with Crippen LogP contribution in [0.15, 0.2) is 55.0 Å². The topological polar surface area (TPSA) is 54.3 Å². The van der Waals surface area contributed by atoms with Gasteiger partial charge in [0.1, 0.15) is 5.82 Å². The number of hydrogen-bond acceptors (Lipinski definition) is 4. The fraction of sp³-hybridized carbons (Fsp3) is 0.571. The highest BCUT2D eigenvalue weighted by Crippen LogP contribution is 2.58. The minimum Gasteiger partial charge on any atom is -0.363 e. The van der Waals surface area contributed by atoms with Crippen LogP contribution in [-0.4, -0.2) is 41.3 Å². The van der Waals surface area contributed by atoms with E-state index in [-0.39, 0.29) is 16.7 Å². The lowest BCUT2D eigenvalue weighted by atomic mass is 9.52. The first-order valence-electron chi connectivity index (χ1n) is 16.0. The number of carbonyl (C=O) groups is 1. The zero-order valence-corrected chi connectivity index (χ0v) is 24.9. The first-order chi connectivity index (χ1) is 19.9. The molecule has 2 aromatic heterocycles. The molecule has 3 aromatic rings. The van der Waals surface area contributed by atoms with Gasteiger partial charge in [0.25, 0.3) is 0 Å². The second-order valence-electron chi connectivity index (χ2n) is 13.8. The van der Waals surface area contributed by atoms with Crippen LogP contribution < -0.4 is 9.80 Å². The summed E-state index contributed by atoms with van der Waals surface area (Å²) in [5.74, 6) is 1.54. The van der Waals surface area contributed by atoms with E-state index in [4.69, 9.17) is 4.98 Å². The summed E-state index contributed by atoms with van der Waals surface area (Å²) >= 11 is 0. The third-order valence-electron chi connectivity index (χ3n) is 10.9. The number of pyridine rings is 1. The molecule has 2 bridgehead atoms. The van der Waals surface area contributed by atoms with Gasteiger partial charge < -0.3 is 9.80 Å². The van der Waals surface area contributed by atoms with Crippen LogP contribution in [0.4, 0.5) is 11.5 Å². The molecular formula is C35H45N5O. The second kappa shape index (κ2) is 10.6. The number of benzene rings is 1. The maximum absolute atomic E-state index is 14.3. The van der Waals surface area contributed by atoms with Crippen molar-refractivity contribution in [3.8, 4) is 11.1 Å². The lowest BCUT2D eigenvalue weighted by Crippen LogP contribution is -2.51. The SMILES string of the molecule is CN(C)c1ccc(C23CCC(CN(C(=O)C4CCCCC4)c4cccc(-c5cnn(C6CC6)c5)c4)(CC2)CC3)cn1. The standard InChI is InChI=1S/C35H45N5O/c1-38(2)32-14-11-29(23-36-32)35-18-15-34(16-19-35,17-20-35)25-39(33(41)26-7-4-3-5-8-26)31-10-6-9-27(21-31)28-22-37-40(24-28)30-12-13-30/h6,9-11,14,21-24,26,30H,3-5,7-8,12-13,15-20,25H2,1-2H3. The number of amides is 1. The minimum atomic E-state index is 0.161. The number of nitrogens with zero attached hydrogens (tertiary/aromatic N) is 5. The van der Waals surface area contributed by atoms with Crippen LogP contribution in [0.3, 0.4) is 0 Å². The number of carbonyl (C=O) groups excluding carboxylic acids is 1. The van der Waals surface area contributed by atoms with Gasteiger partial charge in [0, 0.05) is 50.2 Å². The van der Waals surface area contributed by atoms with E-state index < -0.39 is 0 Å². The third kappa shape index (κ3) is 5.19. The summed E-state index contributed by atoms with van der Waals surface area (Å²) in [5, 5.41) is 4.63. The first-order valence-corrected chi connectivity index (χ1v) is 16.0. The molecule has 8 rings (SSSR count). The Morgan fingerprint density at radius 3 is 2.32 bits per heavy atom. The molecule has 5 saturated carbocycles. The number of aromatic nitrogens is 3. The summed E-state index contributed by atoms with van der Waals surface area (Å²) < 4.78 is 2.12. The largest absolute Gasteiger partial charge is 0.363 e. The summed E-state index contributed by atoms with van der Waals surface area (Å²) in [6.45, 7) is 0.848. The summed E-state index contributed by atoms with van der Waals surface area (Å²) in [6, 6.07) is 13.8. The summed E-state index contributed by atoms with van der Waals surface area (Å²) in [4.78, 5) is 23.3. The first kappa shape index (κ1) is 26.7. The van der Waals surface area contributed by atoms with Crippen molar-refractivity contribution in [3.05, 3.63) is 60.6 Å². The van der Waals surface area contributed by atoms with Gasteiger partial charge in [-0.15, -0.1) is 0 Å². The van der Waals surface area contributed by atoms with E-state index in [9.17, 15) is 4.79 Å². The van der Waals surface area contributed by atoms with Crippen molar-refractivity contribution in [1.82, 2.24) is 14.8 Å². The Kier molecular flexibility index (Phi) is 6.91. The number of fused-ring (bicyclic) bond motifs is 3. The molecule has 0 radical (unpaired) electrons. The fourth-order valence-electron chi connectivity index (χ4n) is 7.98. The summed E-state index contributed by atoms with van der Waals surface area (Å²) in [6.07, 6.45) is 21.6. The van der Waals surface area contributed by atoms with E-state index in [0.29, 0.717) is 11.9 Å². The molecule has 0 aliphatic heterocycles. The Morgan fingerprint density at radius 2 is 1.66 bits per heavy atom. The van der Waals surface area contributed by atoms with E-state index in [2.05, 4.69) is 68.4 Å². The zero-order chi connectivity index (χ0) is 28.0. The summed E-state index contributed by atoms with van der Waals surface area (Å²) in [7, 11) is 4.10. The van der Waals surface area contributed by atoms with Crippen LogP contribution in [0.2, 0.25) is 0 Å². The molecule has 5 aliphatic rings. The average molecular weight is 552 g/mol. The molecule has 41 heavy (non-hydrogen) atoms. The molecule has 0 saturated heterocycles. The molecule has 0 spiro atoms. The number of anilines is 2. The molecule has 216 valence electrons. The molecule has 0 N–H and O–H groups in total. The molecule has 6 heteroatoms. The quantitative estimate of drug-likeness (QED) is 0.290. The van der Waals surface area contributed by atoms with Crippen LogP contribution in [0.25, 0.3) is 11.1 Å². The highest BCUT2D eigenvalue weighted by molar-refractivity contribution is 5.96. The van der Waals surface area contributed by atoms with Gasteiger partial charge in [-0.3, -0.25) is 9.48 Å². The third-order valence-corrected chi connectivity index (χ3v) is 10.9. The molecule has 2 heterocycles. The molecule has 0 unspecified atom stereocenters. The van der Waals surface area contributed by atoms with E-state index >= 15 is 0 Å². The smallest absolute Gasteiger partial charge is 0.230 e. The van der Waals surface area contributed by atoms with E-state index in [1.807, 2.05) is 20.3 Å². The maximum atomic E-state index is 14.3. The molecule has 5 aliphatic carbocycles. The van der Waals surface area contributed by atoms with Gasteiger partial charge >= 0.3 is 0 Å². The van der Waals surface area contributed by atoms with Crippen LogP contribution in [0.5, 0.6) is 0 Å². The van der Waals surface area contributed by atoms with Crippen molar-refractivity contribution in [1.29, 1.82) is 0 Å². The van der Waals surface area contributed by atoms with Gasteiger partial charge in [0.15, 0.2) is 0 Å². The summed E-state index contributed by atoms with van der Waals surface area (Å²) in [5.41, 5.74) is 5.24. The van der Waals surface area contributed by atoms with Crippen molar-refractivity contribution in [2.24, 2.45) is 11.3 Å². The fourth-order valence-corrected chi connectivity index (χ4v) is 7.98. The van der Waals surface area contributed by atoms with Crippen molar-refractivity contribution >= 4 is 17.4 Å². The van der Waals surface area contributed by atoms with Gasteiger partial charge in [-0.1, -0.05) is 37.5 Å². The molecule has 5 fully saturated rings. The predicted molar refractivity (Wildman–Crippen MR) is 165 cm³/mol. The van der Waals surface area contributed by atoms with Crippen molar-refractivity contribution in [2.75, 3.05) is 30.4 Å². The van der Waals surface area contributed by atoms with Gasteiger partial charge in [-0.05, 0) is 104 Å². The van der Waals surface area contributed by atoms with Gasteiger partial charge in [-0.2, -0.15) is 5.10 Å². The van der Waals surface area contributed by atoms with Crippen LogP contribution in [0, 0.1) is 11.3 Å². The van der Waals surface area contributed by atoms with E-state index in [1.165, 1.54) is 76.2 Å². The lowest BCUT2D eigenvalue weighted by molar-refractivity contribution is -0.124. The Balaban J connectivity index is 1.14. The van der Waals surface area contributed by atoms with E-state index in [1.54, 1.807) is 0 Å². The average Bonchev–Trinajstić information content (AvgIpc) is 3.77. The lowest BCUT2D eigenvalue weighted by Gasteiger charge is -2.55. The monoisotopic (exact) mass is 551 g/mol. The normalized spacial score (nSPS) is 26.2. The molecular weight excluding hydrogens is 506 g/mol.